The summed E-state index contributed by atoms with van der Waals surface area (Å²) in [4.78, 5) is 5.89. The molecule has 0 fully saturated rings. The number of methoxy groups -OCH3 is 2. The number of hydrogen-bond donors (Lipinski definition) is 0. The van der Waals surface area contributed by atoms with Crippen LogP contribution in [-0.4, -0.2) is 20.4 Å². The van der Waals surface area contributed by atoms with Gasteiger partial charge in [0.25, 0.3) is 0 Å². The lowest BCUT2D eigenvalue weighted by Gasteiger charge is -2.09. The quantitative estimate of drug-likeness (QED) is 0.789. The molecule has 1 heterocycles. The number of rotatable bonds is 4. The summed E-state index contributed by atoms with van der Waals surface area (Å²) in [7, 11) is 3.26. The summed E-state index contributed by atoms with van der Waals surface area (Å²) in [5.74, 6) is 1.48. The maximum atomic E-state index is 9.48. The van der Waals surface area contributed by atoms with E-state index in [1.807, 2.05) is 18.2 Å². The summed E-state index contributed by atoms with van der Waals surface area (Å²) in [6, 6.07) is 7.91. The summed E-state index contributed by atoms with van der Waals surface area (Å²) < 4.78 is 10.6. The van der Waals surface area contributed by atoms with E-state index < -0.39 is 0 Å². The molecule has 0 atom stereocenters. The number of fused-ring (bicyclic) bond motifs is 1. The van der Waals surface area contributed by atoms with Gasteiger partial charge in [0, 0.05) is 16.7 Å². The molecule has 0 N–H and O–H groups in total. The Labute approximate surface area is 140 Å². The van der Waals surface area contributed by atoms with Gasteiger partial charge in [-0.1, -0.05) is 0 Å². The second-order valence-electron chi connectivity index (χ2n) is 5.37. The van der Waals surface area contributed by atoms with Crippen LogP contribution in [0.15, 0.2) is 23.2 Å². The largest absolute Gasteiger partial charge is 0.497 e. The Morgan fingerprint density at radius 1 is 1.22 bits per heavy atom. The SMILES string of the molecule is COc1ccc(OC)c(/C=N\c2sc3c(c2C#N)CCCC3)c1. The molecule has 1 aromatic heterocycles. The van der Waals surface area contributed by atoms with Gasteiger partial charge in [0.05, 0.1) is 19.8 Å². The van der Waals surface area contributed by atoms with Crippen LogP contribution in [0.2, 0.25) is 0 Å². The average Bonchev–Trinajstić information content (AvgIpc) is 2.97. The number of thiophene rings is 1. The molecule has 23 heavy (non-hydrogen) atoms. The third kappa shape index (κ3) is 3.08. The van der Waals surface area contributed by atoms with Crippen molar-refractivity contribution in [3.8, 4) is 17.6 Å². The van der Waals surface area contributed by atoms with Gasteiger partial charge in [0.15, 0.2) is 0 Å². The molecule has 3 rings (SSSR count). The van der Waals surface area contributed by atoms with Gasteiger partial charge in [-0.15, -0.1) is 11.3 Å². The number of aliphatic imine (C=N–C) groups is 1. The second-order valence-corrected chi connectivity index (χ2v) is 6.45. The molecule has 0 amide bonds. The van der Waals surface area contributed by atoms with Crippen LogP contribution in [0, 0.1) is 11.3 Å². The summed E-state index contributed by atoms with van der Waals surface area (Å²) >= 11 is 1.64. The van der Waals surface area contributed by atoms with E-state index in [1.54, 1.807) is 31.8 Å². The first-order valence-electron chi connectivity index (χ1n) is 7.57. The van der Waals surface area contributed by atoms with Crippen LogP contribution in [-0.2, 0) is 12.8 Å². The van der Waals surface area contributed by atoms with Crippen molar-refractivity contribution in [2.75, 3.05) is 14.2 Å². The fourth-order valence-electron chi connectivity index (χ4n) is 2.83. The van der Waals surface area contributed by atoms with Crippen LogP contribution in [0.5, 0.6) is 11.5 Å². The molecule has 118 valence electrons. The molecule has 0 spiro atoms. The number of benzene rings is 1. The molecule has 0 bridgehead atoms. The maximum Gasteiger partial charge on any atom is 0.134 e. The van der Waals surface area contributed by atoms with Crippen molar-refractivity contribution in [3.05, 3.63) is 39.8 Å². The van der Waals surface area contributed by atoms with Gasteiger partial charge in [-0.3, -0.25) is 0 Å². The van der Waals surface area contributed by atoms with Crippen molar-refractivity contribution in [2.45, 2.75) is 25.7 Å². The van der Waals surface area contributed by atoms with Crippen molar-refractivity contribution in [1.82, 2.24) is 0 Å². The van der Waals surface area contributed by atoms with Crippen molar-refractivity contribution < 1.29 is 9.47 Å². The third-order valence-electron chi connectivity index (χ3n) is 4.02. The molecule has 5 heteroatoms. The Hall–Kier alpha value is -2.32. The molecule has 0 saturated carbocycles. The van der Waals surface area contributed by atoms with E-state index in [9.17, 15) is 5.26 Å². The zero-order valence-corrected chi connectivity index (χ0v) is 14.1. The van der Waals surface area contributed by atoms with Crippen LogP contribution >= 0.6 is 11.3 Å². The van der Waals surface area contributed by atoms with Crippen LogP contribution in [0.4, 0.5) is 5.00 Å². The normalized spacial score (nSPS) is 13.6. The van der Waals surface area contributed by atoms with Crippen molar-refractivity contribution in [3.63, 3.8) is 0 Å². The first-order valence-corrected chi connectivity index (χ1v) is 8.39. The van der Waals surface area contributed by atoms with E-state index in [0.717, 1.165) is 46.9 Å². The monoisotopic (exact) mass is 326 g/mol. The minimum Gasteiger partial charge on any atom is -0.497 e. The molecule has 1 aliphatic rings. The molecular weight excluding hydrogens is 308 g/mol. The Balaban J connectivity index is 1.98. The first kappa shape index (κ1) is 15.6. The number of hydrogen-bond acceptors (Lipinski definition) is 5. The summed E-state index contributed by atoms with van der Waals surface area (Å²) in [6.45, 7) is 0. The zero-order chi connectivity index (χ0) is 16.2. The van der Waals surface area contributed by atoms with E-state index in [-0.39, 0.29) is 0 Å². The highest BCUT2D eigenvalue weighted by atomic mass is 32.1. The topological polar surface area (TPSA) is 54.6 Å². The van der Waals surface area contributed by atoms with Gasteiger partial charge in [-0.05, 0) is 49.4 Å². The van der Waals surface area contributed by atoms with Crippen LogP contribution < -0.4 is 9.47 Å². The fourth-order valence-corrected chi connectivity index (χ4v) is 4.01. The fraction of sp³-hybridized carbons (Fsp3) is 0.333. The summed E-state index contributed by atoms with van der Waals surface area (Å²) in [5.41, 5.74) is 2.78. The molecule has 0 saturated heterocycles. The van der Waals surface area contributed by atoms with E-state index in [0.29, 0.717) is 0 Å². The van der Waals surface area contributed by atoms with E-state index in [1.165, 1.54) is 16.9 Å². The van der Waals surface area contributed by atoms with Gasteiger partial charge < -0.3 is 9.47 Å². The highest BCUT2D eigenvalue weighted by Crippen LogP contribution is 2.39. The minimum absolute atomic E-state index is 0.731. The summed E-state index contributed by atoms with van der Waals surface area (Å²) in [6.07, 6.45) is 6.16. The highest BCUT2D eigenvalue weighted by Gasteiger charge is 2.20. The highest BCUT2D eigenvalue weighted by molar-refractivity contribution is 7.16. The van der Waals surface area contributed by atoms with Gasteiger partial charge >= 0.3 is 0 Å². The van der Waals surface area contributed by atoms with E-state index >= 15 is 0 Å². The standard InChI is InChI=1S/C18H18N2O2S/c1-21-13-7-8-16(22-2)12(9-13)11-20-18-15(10-19)14-5-3-4-6-17(14)23-18/h7-9,11H,3-6H2,1-2H3/b20-11-. The lowest BCUT2D eigenvalue weighted by molar-refractivity contribution is 0.402. The number of aryl methyl sites for hydroxylation is 1. The van der Waals surface area contributed by atoms with Gasteiger partial charge in [0.1, 0.15) is 22.6 Å². The molecule has 0 unspecified atom stereocenters. The first-order chi connectivity index (χ1) is 11.3. The van der Waals surface area contributed by atoms with Gasteiger partial charge in [-0.2, -0.15) is 5.26 Å². The van der Waals surface area contributed by atoms with Crippen molar-refractivity contribution in [2.24, 2.45) is 4.99 Å². The lowest BCUT2D eigenvalue weighted by Crippen LogP contribution is -1.99. The Bertz CT molecular complexity index is 787. The zero-order valence-electron chi connectivity index (χ0n) is 13.3. The van der Waals surface area contributed by atoms with Crippen molar-refractivity contribution >= 4 is 22.6 Å². The molecule has 0 radical (unpaired) electrons. The maximum absolute atomic E-state index is 9.48. The van der Waals surface area contributed by atoms with Gasteiger partial charge in [-0.25, -0.2) is 4.99 Å². The molecule has 0 aliphatic heterocycles. The average molecular weight is 326 g/mol. The Kier molecular flexibility index (Phi) is 4.63. The predicted octanol–water partition coefficient (Wildman–Crippen LogP) is 4.27. The number of nitrogens with zero attached hydrogens (tertiary/aromatic N) is 2. The van der Waals surface area contributed by atoms with Crippen LogP contribution in [0.1, 0.15) is 34.4 Å². The van der Waals surface area contributed by atoms with E-state index in [4.69, 9.17) is 9.47 Å². The third-order valence-corrected chi connectivity index (χ3v) is 5.22. The molecule has 4 nitrogen and oxygen atoms in total. The smallest absolute Gasteiger partial charge is 0.134 e. The Morgan fingerprint density at radius 3 is 2.78 bits per heavy atom. The second kappa shape index (κ2) is 6.84. The minimum atomic E-state index is 0.731. The van der Waals surface area contributed by atoms with Crippen molar-refractivity contribution in [1.29, 1.82) is 5.26 Å². The van der Waals surface area contributed by atoms with Crippen LogP contribution in [0.3, 0.4) is 0 Å². The molecule has 1 aromatic carbocycles. The lowest BCUT2D eigenvalue weighted by atomic mass is 9.96. The Morgan fingerprint density at radius 2 is 2.04 bits per heavy atom. The van der Waals surface area contributed by atoms with Gasteiger partial charge in [0.2, 0.25) is 0 Å². The van der Waals surface area contributed by atoms with E-state index in [2.05, 4.69) is 11.1 Å². The molecule has 2 aromatic rings. The summed E-state index contributed by atoms with van der Waals surface area (Å²) in [5, 5.41) is 10.3. The number of nitriles is 1. The predicted molar refractivity (Wildman–Crippen MR) is 92.5 cm³/mol. The molecular formula is C18H18N2O2S. The molecule has 1 aliphatic carbocycles. The van der Waals surface area contributed by atoms with Crippen LogP contribution in [0.25, 0.3) is 0 Å². The number of ether oxygens (including phenoxy) is 2.